The Balaban J connectivity index is 2.17. The van der Waals surface area contributed by atoms with Crippen molar-refractivity contribution in [3.05, 3.63) is 47.5 Å². The molecule has 0 aliphatic carbocycles. The van der Waals surface area contributed by atoms with Crippen molar-refractivity contribution in [3.8, 4) is 0 Å². The van der Waals surface area contributed by atoms with Crippen LogP contribution in [0.3, 0.4) is 0 Å². The highest BCUT2D eigenvalue weighted by atomic mass is 19.1. The van der Waals surface area contributed by atoms with Crippen LogP contribution in [-0.2, 0) is 11.3 Å². The van der Waals surface area contributed by atoms with Crippen molar-refractivity contribution in [1.29, 1.82) is 0 Å². The molecule has 0 aliphatic rings. The number of nitrogens with zero attached hydrogens (tertiary/aromatic N) is 3. The molecule has 0 unspecified atom stereocenters. The van der Waals surface area contributed by atoms with E-state index in [4.69, 9.17) is 0 Å². The molecule has 0 amide bonds. The van der Waals surface area contributed by atoms with Gasteiger partial charge in [-0.15, -0.1) is 5.10 Å². The number of ether oxygens (including phenoxy) is 1. The molecular formula is C11H10FN3O2. The minimum absolute atomic E-state index is 0.101. The van der Waals surface area contributed by atoms with E-state index in [0.717, 1.165) is 0 Å². The molecule has 1 aromatic carbocycles. The van der Waals surface area contributed by atoms with Gasteiger partial charge in [-0.3, -0.25) is 0 Å². The topological polar surface area (TPSA) is 57.0 Å². The quantitative estimate of drug-likeness (QED) is 0.751. The maximum atomic E-state index is 13.4. The third kappa shape index (κ3) is 2.47. The number of carbonyl (C=O) groups excluding carboxylic acids is 1. The summed E-state index contributed by atoms with van der Waals surface area (Å²) in [6.07, 6.45) is 1.41. The molecule has 0 fully saturated rings. The first-order valence-corrected chi connectivity index (χ1v) is 4.92. The highest BCUT2D eigenvalue weighted by Gasteiger charge is 2.11. The second-order valence-electron chi connectivity index (χ2n) is 3.38. The molecule has 0 bridgehead atoms. The molecule has 0 spiro atoms. The maximum Gasteiger partial charge on any atom is 0.360 e. The Morgan fingerprint density at radius 2 is 2.24 bits per heavy atom. The van der Waals surface area contributed by atoms with Gasteiger partial charge in [-0.1, -0.05) is 23.4 Å². The van der Waals surface area contributed by atoms with Gasteiger partial charge in [0.1, 0.15) is 5.82 Å². The number of hydrogen-bond donors (Lipinski definition) is 0. The zero-order valence-electron chi connectivity index (χ0n) is 9.13. The molecule has 0 N–H and O–H groups in total. The summed E-state index contributed by atoms with van der Waals surface area (Å²) in [7, 11) is 1.26. The molecule has 0 aliphatic heterocycles. The molecular weight excluding hydrogens is 225 g/mol. The fraction of sp³-hybridized carbons (Fsp3) is 0.182. The van der Waals surface area contributed by atoms with Crippen LogP contribution >= 0.6 is 0 Å². The Morgan fingerprint density at radius 3 is 2.94 bits per heavy atom. The van der Waals surface area contributed by atoms with E-state index in [-0.39, 0.29) is 18.1 Å². The summed E-state index contributed by atoms with van der Waals surface area (Å²) in [4.78, 5) is 11.1. The number of halogens is 1. The van der Waals surface area contributed by atoms with Crippen LogP contribution in [0.1, 0.15) is 16.1 Å². The van der Waals surface area contributed by atoms with Crippen LogP contribution in [0.5, 0.6) is 0 Å². The van der Waals surface area contributed by atoms with Gasteiger partial charge in [-0.25, -0.2) is 13.9 Å². The Labute approximate surface area is 96.8 Å². The monoisotopic (exact) mass is 235 g/mol. The van der Waals surface area contributed by atoms with Gasteiger partial charge in [-0.2, -0.15) is 0 Å². The molecule has 0 saturated carbocycles. The van der Waals surface area contributed by atoms with Crippen LogP contribution in [0, 0.1) is 5.82 Å². The fourth-order valence-electron chi connectivity index (χ4n) is 1.37. The summed E-state index contributed by atoms with van der Waals surface area (Å²) >= 11 is 0. The normalized spacial score (nSPS) is 10.2. The largest absolute Gasteiger partial charge is 0.464 e. The standard InChI is InChI=1S/C11H10FN3O2/c1-17-11(16)10-7-15(14-13-10)6-8-4-2-3-5-9(8)12/h2-5,7H,6H2,1H3. The Kier molecular flexibility index (Phi) is 3.13. The maximum absolute atomic E-state index is 13.4. The molecule has 2 aromatic rings. The lowest BCUT2D eigenvalue weighted by Gasteiger charge is -2.01. The molecule has 2 rings (SSSR count). The highest BCUT2D eigenvalue weighted by molar-refractivity contribution is 5.86. The van der Waals surface area contributed by atoms with E-state index in [1.807, 2.05) is 0 Å². The summed E-state index contributed by atoms with van der Waals surface area (Å²) in [6, 6.07) is 6.36. The van der Waals surface area contributed by atoms with Crippen molar-refractivity contribution in [2.24, 2.45) is 0 Å². The van der Waals surface area contributed by atoms with Crippen LogP contribution in [0.4, 0.5) is 4.39 Å². The van der Waals surface area contributed by atoms with Crippen molar-refractivity contribution in [1.82, 2.24) is 15.0 Å². The minimum atomic E-state index is -0.565. The van der Waals surface area contributed by atoms with Gasteiger partial charge in [0, 0.05) is 5.56 Å². The average molecular weight is 235 g/mol. The highest BCUT2D eigenvalue weighted by Crippen LogP contribution is 2.08. The average Bonchev–Trinajstić information content (AvgIpc) is 2.80. The number of aromatic nitrogens is 3. The summed E-state index contributed by atoms with van der Waals surface area (Å²) in [5, 5.41) is 7.35. The van der Waals surface area contributed by atoms with E-state index >= 15 is 0 Å². The van der Waals surface area contributed by atoms with Crippen molar-refractivity contribution in [2.45, 2.75) is 6.54 Å². The van der Waals surface area contributed by atoms with Gasteiger partial charge >= 0.3 is 5.97 Å². The lowest BCUT2D eigenvalue weighted by Crippen LogP contribution is -2.03. The number of hydrogen-bond acceptors (Lipinski definition) is 4. The van der Waals surface area contributed by atoms with E-state index < -0.39 is 5.97 Å². The summed E-state index contributed by atoms with van der Waals surface area (Å²) in [5.41, 5.74) is 0.581. The first-order chi connectivity index (χ1) is 8.20. The third-order valence-corrected chi connectivity index (χ3v) is 2.22. The molecule has 6 heteroatoms. The first kappa shape index (κ1) is 11.3. The van der Waals surface area contributed by atoms with E-state index in [0.29, 0.717) is 5.56 Å². The summed E-state index contributed by atoms with van der Waals surface area (Å²) < 4.78 is 19.2. The number of carbonyl (C=O) groups is 1. The molecule has 17 heavy (non-hydrogen) atoms. The second-order valence-corrected chi connectivity index (χ2v) is 3.38. The van der Waals surface area contributed by atoms with Crippen LogP contribution in [-0.4, -0.2) is 28.1 Å². The summed E-state index contributed by atoms with van der Waals surface area (Å²) in [6.45, 7) is 0.219. The molecule has 1 aromatic heterocycles. The lowest BCUT2D eigenvalue weighted by atomic mass is 10.2. The zero-order chi connectivity index (χ0) is 12.3. The predicted molar refractivity (Wildman–Crippen MR) is 56.9 cm³/mol. The van der Waals surface area contributed by atoms with Crippen LogP contribution in [0.25, 0.3) is 0 Å². The molecule has 0 radical (unpaired) electrons. The number of rotatable bonds is 3. The van der Waals surface area contributed by atoms with Gasteiger partial charge in [-0.05, 0) is 6.07 Å². The molecule has 88 valence electrons. The van der Waals surface area contributed by atoms with Gasteiger partial charge in [0.15, 0.2) is 5.69 Å². The number of esters is 1. The molecule has 1 heterocycles. The smallest absolute Gasteiger partial charge is 0.360 e. The van der Waals surface area contributed by atoms with E-state index in [1.165, 1.54) is 24.1 Å². The van der Waals surface area contributed by atoms with E-state index in [1.54, 1.807) is 18.2 Å². The summed E-state index contributed by atoms with van der Waals surface area (Å²) in [5.74, 6) is -0.882. The van der Waals surface area contributed by atoms with Crippen molar-refractivity contribution < 1.29 is 13.9 Å². The first-order valence-electron chi connectivity index (χ1n) is 4.92. The Bertz CT molecular complexity index is 539. The number of methoxy groups -OCH3 is 1. The lowest BCUT2D eigenvalue weighted by molar-refractivity contribution is 0.0594. The SMILES string of the molecule is COC(=O)c1cn(Cc2ccccc2F)nn1. The third-order valence-electron chi connectivity index (χ3n) is 2.22. The molecule has 0 saturated heterocycles. The van der Waals surface area contributed by atoms with Gasteiger partial charge < -0.3 is 4.74 Å². The van der Waals surface area contributed by atoms with Gasteiger partial charge in [0.25, 0.3) is 0 Å². The van der Waals surface area contributed by atoms with E-state index in [9.17, 15) is 9.18 Å². The van der Waals surface area contributed by atoms with Crippen molar-refractivity contribution in [2.75, 3.05) is 7.11 Å². The second kappa shape index (κ2) is 4.73. The minimum Gasteiger partial charge on any atom is -0.464 e. The number of benzene rings is 1. The van der Waals surface area contributed by atoms with Crippen molar-refractivity contribution >= 4 is 5.97 Å². The van der Waals surface area contributed by atoms with Crippen LogP contribution in [0.2, 0.25) is 0 Å². The van der Waals surface area contributed by atoms with E-state index in [2.05, 4.69) is 15.0 Å². The van der Waals surface area contributed by atoms with Crippen LogP contribution in [0.15, 0.2) is 30.5 Å². The van der Waals surface area contributed by atoms with Gasteiger partial charge in [0.05, 0.1) is 19.9 Å². The predicted octanol–water partition coefficient (Wildman–Crippen LogP) is 1.25. The van der Waals surface area contributed by atoms with Gasteiger partial charge in [0.2, 0.25) is 0 Å². The fourth-order valence-corrected chi connectivity index (χ4v) is 1.37. The molecule has 0 atom stereocenters. The molecule has 5 nitrogen and oxygen atoms in total. The zero-order valence-corrected chi connectivity index (χ0v) is 9.13. The van der Waals surface area contributed by atoms with Crippen LogP contribution < -0.4 is 0 Å². The Morgan fingerprint density at radius 1 is 1.47 bits per heavy atom. The Hall–Kier alpha value is -2.24. The van der Waals surface area contributed by atoms with Crippen molar-refractivity contribution in [3.63, 3.8) is 0 Å².